The third kappa shape index (κ3) is 3.63. The predicted octanol–water partition coefficient (Wildman–Crippen LogP) is 2.00. The minimum Gasteiger partial charge on any atom is -0.377 e. The number of fused-ring (bicyclic) bond motifs is 1. The Hall–Kier alpha value is -1.44. The summed E-state index contributed by atoms with van der Waals surface area (Å²) in [6.07, 6.45) is 8.82. The average molecular weight is 348 g/mol. The lowest BCUT2D eigenvalue weighted by molar-refractivity contribution is -0.131. The van der Waals surface area contributed by atoms with Crippen LogP contribution in [0.15, 0.2) is 17.8 Å². The van der Waals surface area contributed by atoms with Crippen LogP contribution in [-0.4, -0.2) is 64.0 Å². The highest BCUT2D eigenvalue weighted by atomic mass is 32.1. The van der Waals surface area contributed by atoms with Crippen molar-refractivity contribution in [2.24, 2.45) is 0 Å². The van der Waals surface area contributed by atoms with Gasteiger partial charge in [0.05, 0.1) is 18.3 Å². The number of ether oxygens (including phenoxy) is 1. The Bertz CT molecular complexity index is 657. The molecule has 0 aliphatic carbocycles. The molecule has 24 heavy (non-hydrogen) atoms. The number of hydrogen-bond donors (Lipinski definition) is 0. The third-order valence-electron chi connectivity index (χ3n) is 4.83. The number of nitrogens with zero attached hydrogens (tertiary/aromatic N) is 4. The Morgan fingerprint density at radius 2 is 2.25 bits per heavy atom. The SMILES string of the molecule is O=C(CN(Cc1cn2ccsc2n1)C[C@H]1CCCO1)N1CCCC1. The number of thiazole rings is 1. The highest BCUT2D eigenvalue weighted by Crippen LogP contribution is 2.17. The Morgan fingerprint density at radius 3 is 3.00 bits per heavy atom. The van der Waals surface area contributed by atoms with Crippen molar-refractivity contribution in [3.8, 4) is 0 Å². The Kier molecular flexibility index (Phi) is 4.82. The van der Waals surface area contributed by atoms with Gasteiger partial charge in [0.1, 0.15) is 0 Å². The summed E-state index contributed by atoms with van der Waals surface area (Å²) in [5, 5.41) is 2.03. The molecular formula is C17H24N4O2S. The first kappa shape index (κ1) is 16.1. The fourth-order valence-corrected chi connectivity index (χ4v) is 4.32. The van der Waals surface area contributed by atoms with E-state index in [4.69, 9.17) is 4.74 Å². The van der Waals surface area contributed by atoms with Crippen LogP contribution in [0.2, 0.25) is 0 Å². The van der Waals surface area contributed by atoms with Gasteiger partial charge in [-0.1, -0.05) is 0 Å². The van der Waals surface area contributed by atoms with Gasteiger partial charge in [-0.15, -0.1) is 11.3 Å². The van der Waals surface area contributed by atoms with Crippen molar-refractivity contribution in [3.63, 3.8) is 0 Å². The standard InChI is InChI=1S/C17H24N4O2S/c22-16(20-5-1-2-6-20)13-19(12-15-4-3-8-23-15)10-14-11-21-7-9-24-17(21)18-14/h7,9,11,15H,1-6,8,10,12-13H2/t15-/m1/s1. The highest BCUT2D eigenvalue weighted by Gasteiger charge is 2.25. The molecule has 2 fully saturated rings. The number of imidazole rings is 1. The van der Waals surface area contributed by atoms with E-state index in [0.29, 0.717) is 13.1 Å². The molecule has 2 aromatic heterocycles. The van der Waals surface area contributed by atoms with Crippen LogP contribution in [0, 0.1) is 0 Å². The number of hydrogen-bond acceptors (Lipinski definition) is 5. The molecule has 2 aromatic rings. The number of rotatable bonds is 6. The maximum atomic E-state index is 12.6. The highest BCUT2D eigenvalue weighted by molar-refractivity contribution is 7.15. The first-order chi connectivity index (χ1) is 11.8. The van der Waals surface area contributed by atoms with Crippen LogP contribution in [0.1, 0.15) is 31.4 Å². The van der Waals surface area contributed by atoms with Crippen molar-refractivity contribution >= 4 is 22.2 Å². The first-order valence-corrected chi connectivity index (χ1v) is 9.69. The van der Waals surface area contributed by atoms with Crippen LogP contribution in [-0.2, 0) is 16.1 Å². The second-order valence-corrected chi connectivity index (χ2v) is 7.59. The molecule has 0 N–H and O–H groups in total. The first-order valence-electron chi connectivity index (χ1n) is 8.81. The normalized spacial score (nSPS) is 21.4. The minimum atomic E-state index is 0.242. The van der Waals surface area contributed by atoms with Gasteiger partial charge in [0.15, 0.2) is 4.96 Å². The summed E-state index contributed by atoms with van der Waals surface area (Å²) in [6.45, 7) is 4.64. The third-order valence-corrected chi connectivity index (χ3v) is 5.60. The van der Waals surface area contributed by atoms with Crippen LogP contribution < -0.4 is 0 Å². The predicted molar refractivity (Wildman–Crippen MR) is 93.1 cm³/mol. The fraction of sp³-hybridized carbons (Fsp3) is 0.647. The molecule has 1 atom stereocenters. The summed E-state index contributed by atoms with van der Waals surface area (Å²) < 4.78 is 7.83. The largest absolute Gasteiger partial charge is 0.377 e. The van der Waals surface area contributed by atoms with E-state index < -0.39 is 0 Å². The van der Waals surface area contributed by atoms with Crippen molar-refractivity contribution in [1.82, 2.24) is 19.2 Å². The molecule has 2 aliphatic heterocycles. The summed E-state index contributed by atoms with van der Waals surface area (Å²) in [5.41, 5.74) is 1.02. The monoisotopic (exact) mass is 348 g/mol. The van der Waals surface area contributed by atoms with Crippen molar-refractivity contribution in [3.05, 3.63) is 23.5 Å². The molecule has 4 heterocycles. The van der Waals surface area contributed by atoms with E-state index in [1.807, 2.05) is 20.9 Å². The number of carbonyl (C=O) groups excluding carboxylic acids is 1. The van der Waals surface area contributed by atoms with Crippen molar-refractivity contribution in [1.29, 1.82) is 0 Å². The number of amides is 1. The Labute approximate surface area is 146 Å². The number of likely N-dealkylation sites (tertiary alicyclic amines) is 1. The molecular weight excluding hydrogens is 324 g/mol. The number of aromatic nitrogens is 2. The van der Waals surface area contributed by atoms with Gasteiger partial charge in [-0.2, -0.15) is 0 Å². The maximum absolute atomic E-state index is 12.6. The maximum Gasteiger partial charge on any atom is 0.236 e. The van der Waals surface area contributed by atoms with Crippen LogP contribution >= 0.6 is 11.3 Å². The van der Waals surface area contributed by atoms with Crippen LogP contribution in [0.25, 0.3) is 4.96 Å². The molecule has 0 spiro atoms. The van der Waals surface area contributed by atoms with Crippen LogP contribution in [0.3, 0.4) is 0 Å². The Morgan fingerprint density at radius 1 is 1.38 bits per heavy atom. The minimum absolute atomic E-state index is 0.242. The van der Waals surface area contributed by atoms with Gasteiger partial charge in [0.25, 0.3) is 0 Å². The van der Waals surface area contributed by atoms with Crippen molar-refractivity contribution in [2.45, 2.75) is 38.3 Å². The Balaban J connectivity index is 1.43. The van der Waals surface area contributed by atoms with E-state index >= 15 is 0 Å². The van der Waals surface area contributed by atoms with Crippen LogP contribution in [0.5, 0.6) is 0 Å². The molecule has 4 rings (SSSR count). The zero-order chi connectivity index (χ0) is 16.4. The molecule has 0 saturated carbocycles. The molecule has 1 amide bonds. The van der Waals surface area contributed by atoms with Crippen molar-refractivity contribution in [2.75, 3.05) is 32.8 Å². The van der Waals surface area contributed by atoms with E-state index in [9.17, 15) is 4.79 Å². The molecule has 6 nitrogen and oxygen atoms in total. The van der Waals surface area contributed by atoms with Gasteiger partial charge >= 0.3 is 0 Å². The summed E-state index contributed by atoms with van der Waals surface area (Å²) in [7, 11) is 0. The van der Waals surface area contributed by atoms with Gasteiger partial charge in [0.2, 0.25) is 5.91 Å². The quantitative estimate of drug-likeness (QED) is 0.801. The topological polar surface area (TPSA) is 50.1 Å². The average Bonchev–Trinajstić information content (AvgIpc) is 3.32. The second kappa shape index (κ2) is 7.21. The fourth-order valence-electron chi connectivity index (χ4n) is 3.60. The zero-order valence-electron chi connectivity index (χ0n) is 13.9. The molecule has 2 saturated heterocycles. The van der Waals surface area contributed by atoms with E-state index in [1.165, 1.54) is 0 Å². The molecule has 0 bridgehead atoms. The van der Waals surface area contributed by atoms with Gasteiger partial charge in [0, 0.05) is 50.6 Å². The molecule has 130 valence electrons. The van der Waals surface area contributed by atoms with E-state index in [2.05, 4.69) is 16.1 Å². The summed E-state index contributed by atoms with van der Waals surface area (Å²) in [6, 6.07) is 0. The molecule has 0 radical (unpaired) electrons. The van der Waals surface area contributed by atoms with E-state index in [0.717, 1.165) is 62.6 Å². The van der Waals surface area contributed by atoms with Crippen LogP contribution in [0.4, 0.5) is 0 Å². The van der Waals surface area contributed by atoms with Gasteiger partial charge in [-0.05, 0) is 25.7 Å². The molecule has 0 aromatic carbocycles. The van der Waals surface area contributed by atoms with E-state index in [-0.39, 0.29) is 12.0 Å². The molecule has 0 unspecified atom stereocenters. The van der Waals surface area contributed by atoms with Crippen molar-refractivity contribution < 1.29 is 9.53 Å². The molecule has 2 aliphatic rings. The number of carbonyl (C=O) groups is 1. The van der Waals surface area contributed by atoms with E-state index in [1.54, 1.807) is 11.3 Å². The van der Waals surface area contributed by atoms with Gasteiger partial charge in [-0.3, -0.25) is 14.1 Å². The lowest BCUT2D eigenvalue weighted by atomic mass is 10.2. The van der Waals surface area contributed by atoms with Gasteiger partial charge < -0.3 is 9.64 Å². The summed E-state index contributed by atoms with van der Waals surface area (Å²) >= 11 is 1.64. The zero-order valence-corrected chi connectivity index (χ0v) is 14.7. The smallest absolute Gasteiger partial charge is 0.236 e. The van der Waals surface area contributed by atoms with Gasteiger partial charge in [-0.25, -0.2) is 4.98 Å². The second-order valence-electron chi connectivity index (χ2n) is 6.72. The lowest BCUT2D eigenvalue weighted by Gasteiger charge is -2.26. The lowest BCUT2D eigenvalue weighted by Crippen LogP contribution is -2.41. The molecule has 7 heteroatoms. The summed E-state index contributed by atoms with van der Waals surface area (Å²) in [5.74, 6) is 0.242. The summed E-state index contributed by atoms with van der Waals surface area (Å²) in [4.78, 5) is 22.4.